The van der Waals surface area contributed by atoms with Crippen LogP contribution in [0, 0.1) is 5.82 Å². The highest BCUT2D eigenvalue weighted by Gasteiger charge is 2.02. The van der Waals surface area contributed by atoms with Crippen molar-refractivity contribution in [3.05, 3.63) is 46.9 Å². The van der Waals surface area contributed by atoms with Crippen LogP contribution in [-0.2, 0) is 0 Å². The Morgan fingerprint density at radius 1 is 1.17 bits per heavy atom. The zero-order chi connectivity index (χ0) is 13.0. The maximum Gasteiger partial charge on any atom is 0.139 e. The van der Waals surface area contributed by atoms with Gasteiger partial charge in [-0.15, -0.1) is 0 Å². The standard InChI is InChI=1S/C13H13BrFN3/c1-2-17-10-5-11(8-16-7-10)18-9-3-4-12(14)13(15)6-9/h3-8,17-18H,2H2,1H3. The average Bonchev–Trinajstić information content (AvgIpc) is 2.35. The molecule has 0 atom stereocenters. The first-order chi connectivity index (χ1) is 8.69. The van der Waals surface area contributed by atoms with E-state index in [1.807, 2.05) is 13.0 Å². The number of benzene rings is 1. The second-order valence-corrected chi connectivity index (χ2v) is 4.60. The number of rotatable bonds is 4. The van der Waals surface area contributed by atoms with Gasteiger partial charge in [0.1, 0.15) is 5.82 Å². The van der Waals surface area contributed by atoms with E-state index in [1.54, 1.807) is 24.5 Å². The number of anilines is 3. The summed E-state index contributed by atoms with van der Waals surface area (Å²) in [6.07, 6.45) is 3.44. The Balaban J connectivity index is 2.17. The first-order valence-electron chi connectivity index (χ1n) is 5.60. The van der Waals surface area contributed by atoms with Gasteiger partial charge in [-0.2, -0.15) is 0 Å². The third kappa shape index (κ3) is 3.20. The van der Waals surface area contributed by atoms with E-state index in [-0.39, 0.29) is 5.82 Å². The SMILES string of the molecule is CCNc1cncc(Nc2ccc(Br)c(F)c2)c1. The second kappa shape index (κ2) is 5.82. The molecule has 18 heavy (non-hydrogen) atoms. The number of halogens is 2. The van der Waals surface area contributed by atoms with Crippen molar-refractivity contribution >= 4 is 33.0 Å². The summed E-state index contributed by atoms with van der Waals surface area (Å²) in [7, 11) is 0. The monoisotopic (exact) mass is 309 g/mol. The zero-order valence-electron chi connectivity index (χ0n) is 9.87. The van der Waals surface area contributed by atoms with Gasteiger partial charge in [0.25, 0.3) is 0 Å². The molecule has 94 valence electrons. The van der Waals surface area contributed by atoms with Crippen molar-refractivity contribution in [2.75, 3.05) is 17.2 Å². The lowest BCUT2D eigenvalue weighted by Crippen LogP contribution is -1.98. The molecule has 0 saturated heterocycles. The summed E-state index contributed by atoms with van der Waals surface area (Å²) in [6.45, 7) is 2.85. The lowest BCUT2D eigenvalue weighted by atomic mass is 10.3. The van der Waals surface area contributed by atoms with Crippen LogP contribution in [0.5, 0.6) is 0 Å². The van der Waals surface area contributed by atoms with E-state index in [0.717, 1.165) is 17.9 Å². The molecule has 1 heterocycles. The molecule has 2 rings (SSSR count). The number of nitrogens with one attached hydrogen (secondary N) is 2. The highest BCUT2D eigenvalue weighted by molar-refractivity contribution is 9.10. The van der Waals surface area contributed by atoms with E-state index in [2.05, 4.69) is 31.5 Å². The number of hydrogen-bond donors (Lipinski definition) is 2. The molecule has 0 aliphatic rings. The van der Waals surface area contributed by atoms with Gasteiger partial charge in [-0.05, 0) is 47.1 Å². The molecule has 2 aromatic rings. The summed E-state index contributed by atoms with van der Waals surface area (Å²) >= 11 is 3.12. The molecule has 0 saturated carbocycles. The van der Waals surface area contributed by atoms with E-state index in [1.165, 1.54) is 6.07 Å². The Morgan fingerprint density at radius 2 is 1.94 bits per heavy atom. The van der Waals surface area contributed by atoms with Gasteiger partial charge in [-0.25, -0.2) is 4.39 Å². The van der Waals surface area contributed by atoms with Crippen molar-refractivity contribution in [1.82, 2.24) is 4.98 Å². The summed E-state index contributed by atoms with van der Waals surface area (Å²) < 4.78 is 13.8. The van der Waals surface area contributed by atoms with E-state index >= 15 is 0 Å². The normalized spacial score (nSPS) is 10.2. The fraction of sp³-hybridized carbons (Fsp3) is 0.154. The Hall–Kier alpha value is -1.62. The van der Waals surface area contributed by atoms with Gasteiger partial charge in [0, 0.05) is 12.2 Å². The molecule has 1 aromatic heterocycles. The molecule has 0 aliphatic carbocycles. The third-order valence-electron chi connectivity index (χ3n) is 2.33. The van der Waals surface area contributed by atoms with Gasteiger partial charge in [-0.1, -0.05) is 0 Å². The topological polar surface area (TPSA) is 37.0 Å². The fourth-order valence-corrected chi connectivity index (χ4v) is 1.80. The Kier molecular flexibility index (Phi) is 4.15. The smallest absolute Gasteiger partial charge is 0.139 e. The molecule has 1 aromatic carbocycles. The van der Waals surface area contributed by atoms with E-state index in [9.17, 15) is 4.39 Å². The van der Waals surface area contributed by atoms with Crippen molar-refractivity contribution in [1.29, 1.82) is 0 Å². The molecule has 0 amide bonds. The molecule has 0 radical (unpaired) electrons. The van der Waals surface area contributed by atoms with Crippen molar-refractivity contribution in [2.24, 2.45) is 0 Å². The first kappa shape index (κ1) is 12.8. The molecule has 0 fully saturated rings. The molecule has 0 unspecified atom stereocenters. The third-order valence-corrected chi connectivity index (χ3v) is 2.97. The van der Waals surface area contributed by atoms with Crippen LogP contribution < -0.4 is 10.6 Å². The summed E-state index contributed by atoms with van der Waals surface area (Å²) in [4.78, 5) is 4.11. The minimum atomic E-state index is -0.296. The molecule has 5 heteroatoms. The molecule has 3 nitrogen and oxygen atoms in total. The predicted molar refractivity (Wildman–Crippen MR) is 75.8 cm³/mol. The van der Waals surface area contributed by atoms with Gasteiger partial charge >= 0.3 is 0 Å². The lowest BCUT2D eigenvalue weighted by molar-refractivity contribution is 0.622. The van der Waals surface area contributed by atoms with Crippen molar-refractivity contribution < 1.29 is 4.39 Å². The first-order valence-corrected chi connectivity index (χ1v) is 6.39. The fourth-order valence-electron chi connectivity index (χ4n) is 1.55. The summed E-state index contributed by atoms with van der Waals surface area (Å²) in [5, 5.41) is 6.28. The maximum atomic E-state index is 13.4. The van der Waals surface area contributed by atoms with E-state index in [0.29, 0.717) is 10.2 Å². The zero-order valence-corrected chi connectivity index (χ0v) is 11.5. The minimum Gasteiger partial charge on any atom is -0.384 e. The van der Waals surface area contributed by atoms with Crippen LogP contribution in [0.25, 0.3) is 0 Å². The van der Waals surface area contributed by atoms with Gasteiger partial charge < -0.3 is 10.6 Å². The lowest BCUT2D eigenvalue weighted by Gasteiger charge is -2.09. The Morgan fingerprint density at radius 3 is 2.67 bits per heavy atom. The average molecular weight is 310 g/mol. The van der Waals surface area contributed by atoms with Gasteiger partial charge in [0.2, 0.25) is 0 Å². The molecule has 0 aliphatic heterocycles. The molecular weight excluding hydrogens is 297 g/mol. The van der Waals surface area contributed by atoms with Crippen LogP contribution in [0.2, 0.25) is 0 Å². The van der Waals surface area contributed by atoms with Crippen LogP contribution in [0.1, 0.15) is 6.92 Å². The highest BCUT2D eigenvalue weighted by Crippen LogP contribution is 2.23. The molecule has 2 N–H and O–H groups in total. The number of nitrogens with zero attached hydrogens (tertiary/aromatic N) is 1. The predicted octanol–water partition coefficient (Wildman–Crippen LogP) is 4.16. The van der Waals surface area contributed by atoms with Gasteiger partial charge in [0.05, 0.1) is 28.2 Å². The van der Waals surface area contributed by atoms with E-state index in [4.69, 9.17) is 0 Å². The second-order valence-electron chi connectivity index (χ2n) is 3.75. The largest absolute Gasteiger partial charge is 0.384 e. The molecular formula is C13H13BrFN3. The van der Waals surface area contributed by atoms with Gasteiger partial charge in [-0.3, -0.25) is 4.98 Å². The van der Waals surface area contributed by atoms with Crippen LogP contribution in [-0.4, -0.2) is 11.5 Å². The van der Waals surface area contributed by atoms with Crippen LogP contribution >= 0.6 is 15.9 Å². The Labute approximate surface area is 114 Å². The molecule has 0 bridgehead atoms. The number of aromatic nitrogens is 1. The number of hydrogen-bond acceptors (Lipinski definition) is 3. The summed E-state index contributed by atoms with van der Waals surface area (Å²) in [5.41, 5.74) is 2.43. The van der Waals surface area contributed by atoms with Crippen LogP contribution in [0.15, 0.2) is 41.1 Å². The van der Waals surface area contributed by atoms with Gasteiger partial charge in [0.15, 0.2) is 0 Å². The van der Waals surface area contributed by atoms with Crippen molar-refractivity contribution in [2.45, 2.75) is 6.92 Å². The van der Waals surface area contributed by atoms with Crippen LogP contribution in [0.3, 0.4) is 0 Å². The minimum absolute atomic E-state index is 0.296. The summed E-state index contributed by atoms with van der Waals surface area (Å²) in [6, 6.07) is 6.83. The Bertz CT molecular complexity index is 546. The highest BCUT2D eigenvalue weighted by atomic mass is 79.9. The number of pyridine rings is 1. The van der Waals surface area contributed by atoms with Crippen molar-refractivity contribution in [3.63, 3.8) is 0 Å². The van der Waals surface area contributed by atoms with Crippen molar-refractivity contribution in [3.8, 4) is 0 Å². The van der Waals surface area contributed by atoms with Crippen LogP contribution in [0.4, 0.5) is 21.5 Å². The summed E-state index contributed by atoms with van der Waals surface area (Å²) in [5.74, 6) is -0.296. The molecule has 0 spiro atoms. The maximum absolute atomic E-state index is 13.4. The van der Waals surface area contributed by atoms with E-state index < -0.39 is 0 Å². The quantitative estimate of drug-likeness (QED) is 0.890.